The first-order valence-electron chi connectivity index (χ1n) is 6.47. The Morgan fingerprint density at radius 2 is 2.14 bits per heavy atom. The van der Waals surface area contributed by atoms with Gasteiger partial charge in [-0.3, -0.25) is 15.2 Å². The summed E-state index contributed by atoms with van der Waals surface area (Å²) in [5.41, 5.74) is 4.66. The van der Waals surface area contributed by atoms with Crippen molar-refractivity contribution in [2.24, 2.45) is 0 Å². The van der Waals surface area contributed by atoms with Gasteiger partial charge in [-0.2, -0.15) is 5.10 Å². The van der Waals surface area contributed by atoms with Gasteiger partial charge in [0.25, 0.3) is 5.91 Å². The predicted octanol–water partition coefficient (Wildman–Crippen LogP) is 2.09. The summed E-state index contributed by atoms with van der Waals surface area (Å²) in [6.45, 7) is 1.87. The first kappa shape index (κ1) is 14.1. The molecule has 0 atom stereocenters. The van der Waals surface area contributed by atoms with Crippen LogP contribution in [0.4, 0.5) is 0 Å². The average Bonchev–Trinajstić information content (AvgIpc) is 2.89. The number of rotatable bonds is 3. The van der Waals surface area contributed by atoms with Crippen LogP contribution in [-0.4, -0.2) is 30.7 Å². The Morgan fingerprint density at radius 1 is 1.32 bits per heavy atom. The molecule has 2 N–H and O–H groups in total. The Hall–Kier alpha value is -2.87. The van der Waals surface area contributed by atoms with E-state index in [0.29, 0.717) is 17.1 Å². The number of carbonyl (C=O) groups is 1. The highest BCUT2D eigenvalue weighted by Gasteiger charge is 2.14. The van der Waals surface area contributed by atoms with Crippen molar-refractivity contribution in [1.82, 2.24) is 24.8 Å². The molecule has 1 aromatic carbocycles. The third-order valence-electron chi connectivity index (χ3n) is 3.07. The van der Waals surface area contributed by atoms with Crippen LogP contribution in [0.2, 0.25) is 0 Å². The van der Waals surface area contributed by atoms with Gasteiger partial charge in [0, 0.05) is 18.0 Å². The molecule has 0 radical (unpaired) electrons. The zero-order valence-corrected chi connectivity index (χ0v) is 12.5. The molecule has 2 aromatic heterocycles. The van der Waals surface area contributed by atoms with Gasteiger partial charge in [-0.05, 0) is 30.8 Å². The molecule has 0 aliphatic heterocycles. The lowest BCUT2D eigenvalue weighted by Crippen LogP contribution is -2.24. The molecule has 0 bridgehead atoms. The number of aromatic amines is 1. The van der Waals surface area contributed by atoms with E-state index in [0.717, 1.165) is 5.56 Å². The molecule has 7 nitrogen and oxygen atoms in total. The average molecular weight is 312 g/mol. The Kier molecular flexibility index (Phi) is 3.75. The maximum atomic E-state index is 12.4. The second kappa shape index (κ2) is 5.86. The highest BCUT2D eigenvalue weighted by molar-refractivity contribution is 7.71. The van der Waals surface area contributed by atoms with Crippen LogP contribution in [0.3, 0.4) is 0 Å². The monoisotopic (exact) mass is 312 g/mol. The zero-order valence-electron chi connectivity index (χ0n) is 11.6. The van der Waals surface area contributed by atoms with E-state index in [-0.39, 0.29) is 10.7 Å². The molecule has 0 unspecified atom stereocenters. The fourth-order valence-corrected chi connectivity index (χ4v) is 2.15. The molecule has 0 aliphatic rings. The molecule has 1 amide bonds. The number of aryl methyl sites for hydroxylation is 1. The van der Waals surface area contributed by atoms with Gasteiger partial charge in [0.1, 0.15) is 5.69 Å². The van der Waals surface area contributed by atoms with Crippen LogP contribution < -0.4 is 5.43 Å². The minimum atomic E-state index is -0.277. The molecule has 0 spiro atoms. The highest BCUT2D eigenvalue weighted by atomic mass is 32.1. The van der Waals surface area contributed by atoms with Gasteiger partial charge in [0.2, 0.25) is 10.6 Å². The lowest BCUT2D eigenvalue weighted by molar-refractivity contribution is 0.101. The number of carbonyl (C=O) groups excluding carboxylic acids is 1. The van der Waals surface area contributed by atoms with Crippen molar-refractivity contribution in [1.29, 1.82) is 0 Å². The predicted molar refractivity (Wildman–Crippen MR) is 83.3 cm³/mol. The summed E-state index contributed by atoms with van der Waals surface area (Å²) in [4.78, 5) is 20.6. The third-order valence-corrected chi connectivity index (χ3v) is 3.34. The molecule has 8 heteroatoms. The van der Waals surface area contributed by atoms with E-state index in [2.05, 4.69) is 25.6 Å². The first-order chi connectivity index (χ1) is 10.7. The summed E-state index contributed by atoms with van der Waals surface area (Å²) in [7, 11) is 0. The maximum Gasteiger partial charge on any atom is 0.270 e. The molecule has 0 saturated carbocycles. The van der Waals surface area contributed by atoms with Gasteiger partial charge in [0.15, 0.2) is 0 Å². The number of hydrogen-bond donors (Lipinski definition) is 2. The van der Waals surface area contributed by atoms with Gasteiger partial charge in [-0.15, -0.1) is 0 Å². The number of aromatic nitrogens is 5. The molecule has 3 aromatic rings. The van der Waals surface area contributed by atoms with E-state index >= 15 is 0 Å². The number of nitrogens with one attached hydrogen (secondary N) is 2. The smallest absolute Gasteiger partial charge is 0.267 e. The van der Waals surface area contributed by atoms with Crippen LogP contribution in [0.1, 0.15) is 15.9 Å². The summed E-state index contributed by atoms with van der Waals surface area (Å²) in [6.07, 6.45) is 4.64. The normalized spacial score (nSPS) is 10.4. The SMILES string of the molecule is Cc1ccccc1C(=O)Nn1c(-c2cnccn2)n[nH]c1=S. The Bertz CT molecular complexity index is 870. The van der Waals surface area contributed by atoms with E-state index in [1.807, 2.05) is 19.1 Å². The Balaban J connectivity index is 1.97. The van der Waals surface area contributed by atoms with E-state index in [1.54, 1.807) is 30.7 Å². The lowest BCUT2D eigenvalue weighted by Gasteiger charge is -2.09. The first-order valence-corrected chi connectivity index (χ1v) is 6.88. The van der Waals surface area contributed by atoms with Crippen LogP contribution in [0.25, 0.3) is 11.5 Å². The molecule has 22 heavy (non-hydrogen) atoms. The number of hydrogen-bond acceptors (Lipinski definition) is 5. The summed E-state index contributed by atoms with van der Waals surface area (Å²) in [5.74, 6) is 0.112. The van der Waals surface area contributed by atoms with E-state index in [4.69, 9.17) is 12.2 Å². The van der Waals surface area contributed by atoms with Crippen molar-refractivity contribution in [3.63, 3.8) is 0 Å². The number of benzene rings is 1. The van der Waals surface area contributed by atoms with Gasteiger partial charge < -0.3 is 0 Å². The second-order valence-corrected chi connectivity index (χ2v) is 4.92. The summed E-state index contributed by atoms with van der Waals surface area (Å²) in [6, 6.07) is 7.30. The third kappa shape index (κ3) is 2.63. The molecule has 110 valence electrons. The highest BCUT2D eigenvalue weighted by Crippen LogP contribution is 2.13. The molecule has 3 rings (SSSR count). The van der Waals surface area contributed by atoms with Crippen molar-refractivity contribution >= 4 is 18.1 Å². The van der Waals surface area contributed by atoms with E-state index < -0.39 is 0 Å². The minimum Gasteiger partial charge on any atom is -0.267 e. The lowest BCUT2D eigenvalue weighted by atomic mass is 10.1. The fraction of sp³-hybridized carbons (Fsp3) is 0.0714. The van der Waals surface area contributed by atoms with E-state index in [9.17, 15) is 4.79 Å². The summed E-state index contributed by atoms with van der Waals surface area (Å²) < 4.78 is 1.65. The quantitative estimate of drug-likeness (QED) is 0.723. The maximum absolute atomic E-state index is 12.4. The molecular weight excluding hydrogens is 300 g/mol. The largest absolute Gasteiger partial charge is 0.270 e. The second-order valence-electron chi connectivity index (χ2n) is 4.53. The van der Waals surface area contributed by atoms with E-state index in [1.165, 1.54) is 4.68 Å². The van der Waals surface area contributed by atoms with Crippen molar-refractivity contribution in [3.05, 3.63) is 58.8 Å². The summed E-state index contributed by atoms with van der Waals surface area (Å²) in [5, 5.41) is 6.72. The zero-order chi connectivity index (χ0) is 15.5. The molecule has 2 heterocycles. The molecule has 0 fully saturated rings. The summed E-state index contributed by atoms with van der Waals surface area (Å²) >= 11 is 5.16. The molecule has 0 saturated heterocycles. The van der Waals surface area contributed by atoms with Crippen LogP contribution in [-0.2, 0) is 0 Å². The minimum absolute atomic E-state index is 0.266. The van der Waals surface area contributed by atoms with Crippen LogP contribution >= 0.6 is 12.2 Å². The molecule has 0 aliphatic carbocycles. The van der Waals surface area contributed by atoms with Crippen molar-refractivity contribution in [2.45, 2.75) is 6.92 Å². The van der Waals surface area contributed by atoms with Crippen molar-refractivity contribution in [2.75, 3.05) is 5.43 Å². The van der Waals surface area contributed by atoms with Gasteiger partial charge >= 0.3 is 0 Å². The topological polar surface area (TPSA) is 88.5 Å². The number of nitrogens with zero attached hydrogens (tertiary/aromatic N) is 4. The van der Waals surface area contributed by atoms with Crippen molar-refractivity contribution < 1.29 is 4.79 Å². The number of H-pyrrole nitrogens is 1. The standard InChI is InChI=1S/C14H12N6OS/c1-9-4-2-3-5-10(9)13(21)19-20-12(17-18-14(20)22)11-8-15-6-7-16-11/h2-8H,1H3,(H,18,22)(H,19,21). The fourth-order valence-electron chi connectivity index (χ4n) is 1.98. The van der Waals surface area contributed by atoms with Crippen LogP contribution in [0, 0.1) is 11.7 Å². The molecular formula is C14H12N6OS. The van der Waals surface area contributed by atoms with Gasteiger partial charge in [-0.25, -0.2) is 14.8 Å². The van der Waals surface area contributed by atoms with Gasteiger partial charge in [0.05, 0.1) is 6.20 Å². The van der Waals surface area contributed by atoms with Gasteiger partial charge in [-0.1, -0.05) is 18.2 Å². The van der Waals surface area contributed by atoms with Crippen LogP contribution in [0.15, 0.2) is 42.9 Å². The Labute approximate surface area is 131 Å². The Morgan fingerprint density at radius 3 is 2.86 bits per heavy atom. The van der Waals surface area contributed by atoms with Crippen LogP contribution in [0.5, 0.6) is 0 Å². The number of amides is 1. The van der Waals surface area contributed by atoms with Crippen molar-refractivity contribution in [3.8, 4) is 11.5 Å².